The molecule has 0 saturated carbocycles. The summed E-state index contributed by atoms with van der Waals surface area (Å²) < 4.78 is 4.56. The minimum absolute atomic E-state index is 0.285. The van der Waals surface area contributed by atoms with Gasteiger partial charge in [0.25, 0.3) is 5.56 Å². The average Bonchev–Trinajstić information content (AvgIpc) is 2.93. The third-order valence-corrected chi connectivity index (χ3v) is 3.91. The Balaban J connectivity index is 2.55. The van der Waals surface area contributed by atoms with Gasteiger partial charge in [0, 0.05) is 13.1 Å². The molecule has 6 nitrogen and oxygen atoms in total. The van der Waals surface area contributed by atoms with Crippen LogP contribution >= 0.6 is 0 Å². The lowest BCUT2D eigenvalue weighted by Crippen LogP contribution is -2.39. The Hall–Kier alpha value is -2.63. The molecule has 0 atom stereocenters. The first-order chi connectivity index (χ1) is 10.6. The first kappa shape index (κ1) is 14.3. The maximum absolute atomic E-state index is 12.8. The lowest BCUT2D eigenvalue weighted by molar-refractivity contribution is 0.653. The predicted molar refractivity (Wildman–Crippen MR) is 85.7 cm³/mol. The smallest absolute Gasteiger partial charge is 0.325 e. The van der Waals surface area contributed by atoms with Gasteiger partial charge in [-0.3, -0.25) is 9.36 Å². The molecule has 0 spiro atoms. The zero-order chi connectivity index (χ0) is 15.9. The highest BCUT2D eigenvalue weighted by atomic mass is 16.2. The van der Waals surface area contributed by atoms with Gasteiger partial charge in [-0.1, -0.05) is 18.2 Å². The molecule has 3 aromatic rings. The van der Waals surface area contributed by atoms with Gasteiger partial charge in [-0.15, -0.1) is 0 Å². The Bertz CT molecular complexity index is 962. The summed E-state index contributed by atoms with van der Waals surface area (Å²) >= 11 is 0. The minimum Gasteiger partial charge on any atom is -0.325 e. The zero-order valence-electron chi connectivity index (χ0n) is 12.9. The van der Waals surface area contributed by atoms with Crippen LogP contribution in [0, 0.1) is 6.92 Å². The third-order valence-electron chi connectivity index (χ3n) is 3.91. The van der Waals surface area contributed by atoms with Crippen LogP contribution in [0.4, 0.5) is 0 Å². The van der Waals surface area contributed by atoms with E-state index in [-0.39, 0.29) is 11.2 Å². The monoisotopic (exact) mass is 298 g/mol. The predicted octanol–water partition coefficient (Wildman–Crippen LogP) is 1.70. The summed E-state index contributed by atoms with van der Waals surface area (Å²) in [5.74, 6) is 0. The average molecular weight is 298 g/mol. The van der Waals surface area contributed by atoms with Crippen molar-refractivity contribution in [1.29, 1.82) is 0 Å². The van der Waals surface area contributed by atoms with Crippen LogP contribution in [0.25, 0.3) is 16.9 Å². The number of aryl methyl sites for hydroxylation is 2. The minimum atomic E-state index is -0.351. The van der Waals surface area contributed by atoms with Crippen molar-refractivity contribution in [3.63, 3.8) is 0 Å². The van der Waals surface area contributed by atoms with E-state index in [9.17, 15) is 9.59 Å². The van der Waals surface area contributed by atoms with Gasteiger partial charge in [0.15, 0.2) is 11.2 Å². The van der Waals surface area contributed by atoms with Crippen LogP contribution in [0.5, 0.6) is 0 Å². The van der Waals surface area contributed by atoms with E-state index in [1.54, 1.807) is 17.8 Å². The van der Waals surface area contributed by atoms with Crippen molar-refractivity contribution in [2.24, 2.45) is 0 Å². The molecular formula is C16H18N4O2. The number of nitrogens with zero attached hydrogens (tertiary/aromatic N) is 4. The van der Waals surface area contributed by atoms with E-state index in [1.165, 1.54) is 9.13 Å². The van der Waals surface area contributed by atoms with Gasteiger partial charge in [0.1, 0.15) is 0 Å². The molecule has 114 valence electrons. The molecule has 2 aromatic heterocycles. The molecule has 0 fully saturated rings. The van der Waals surface area contributed by atoms with Crippen molar-refractivity contribution in [2.75, 3.05) is 0 Å². The molecule has 0 unspecified atom stereocenters. The lowest BCUT2D eigenvalue weighted by atomic mass is 10.2. The van der Waals surface area contributed by atoms with Gasteiger partial charge in [-0.05, 0) is 32.4 Å². The number of benzene rings is 1. The highest BCUT2D eigenvalue weighted by Crippen LogP contribution is 2.16. The summed E-state index contributed by atoms with van der Waals surface area (Å²) in [4.78, 5) is 29.7. The molecule has 0 saturated heterocycles. The van der Waals surface area contributed by atoms with Crippen LogP contribution in [0.15, 0.2) is 40.2 Å². The Morgan fingerprint density at radius 3 is 2.45 bits per heavy atom. The van der Waals surface area contributed by atoms with E-state index in [4.69, 9.17) is 0 Å². The Kier molecular flexibility index (Phi) is 3.44. The van der Waals surface area contributed by atoms with E-state index in [1.807, 2.05) is 38.1 Å². The highest BCUT2D eigenvalue weighted by Gasteiger charge is 2.18. The molecule has 3 rings (SSSR count). The van der Waals surface area contributed by atoms with Crippen molar-refractivity contribution < 1.29 is 0 Å². The molecule has 6 heteroatoms. The second kappa shape index (κ2) is 5.29. The number of fused-ring (bicyclic) bond motifs is 1. The van der Waals surface area contributed by atoms with E-state index in [0.29, 0.717) is 24.3 Å². The van der Waals surface area contributed by atoms with Crippen molar-refractivity contribution in [2.45, 2.75) is 33.9 Å². The summed E-state index contributed by atoms with van der Waals surface area (Å²) in [6.45, 7) is 6.63. The lowest BCUT2D eigenvalue weighted by Gasteiger charge is -2.13. The van der Waals surface area contributed by atoms with E-state index in [0.717, 1.165) is 11.3 Å². The van der Waals surface area contributed by atoms with Crippen LogP contribution < -0.4 is 11.2 Å². The molecule has 0 radical (unpaired) electrons. The maximum Gasteiger partial charge on any atom is 0.337 e. The molecule has 0 aliphatic carbocycles. The molecule has 1 aromatic carbocycles. The van der Waals surface area contributed by atoms with Gasteiger partial charge in [0.2, 0.25) is 0 Å². The first-order valence-corrected chi connectivity index (χ1v) is 7.36. The number of hydrogen-bond acceptors (Lipinski definition) is 3. The van der Waals surface area contributed by atoms with Crippen molar-refractivity contribution >= 4 is 11.2 Å². The Morgan fingerprint density at radius 1 is 1.09 bits per heavy atom. The fraction of sp³-hybridized carbons (Fsp3) is 0.312. The molecular weight excluding hydrogens is 280 g/mol. The fourth-order valence-corrected chi connectivity index (χ4v) is 2.73. The van der Waals surface area contributed by atoms with Gasteiger partial charge >= 0.3 is 5.69 Å². The number of aromatic nitrogens is 4. The fourth-order valence-electron chi connectivity index (χ4n) is 2.73. The van der Waals surface area contributed by atoms with Crippen LogP contribution in [-0.2, 0) is 13.1 Å². The molecule has 0 N–H and O–H groups in total. The first-order valence-electron chi connectivity index (χ1n) is 7.36. The standard InChI is InChI=1S/C16H18N4O2/c1-4-18-10-17-14-13(18)15(21)19(5-2)16(22)20(14)12-9-7-6-8-11(12)3/h6-10H,4-5H2,1-3H3. The van der Waals surface area contributed by atoms with Crippen molar-refractivity contribution in [3.05, 3.63) is 57.0 Å². The molecule has 2 heterocycles. The Labute approximate surface area is 127 Å². The summed E-state index contributed by atoms with van der Waals surface area (Å²) in [5, 5.41) is 0. The van der Waals surface area contributed by atoms with E-state index >= 15 is 0 Å². The number of rotatable bonds is 3. The second-order valence-corrected chi connectivity index (χ2v) is 5.16. The maximum atomic E-state index is 12.8. The summed E-state index contributed by atoms with van der Waals surface area (Å²) in [7, 11) is 0. The van der Waals surface area contributed by atoms with Crippen molar-refractivity contribution in [3.8, 4) is 5.69 Å². The van der Waals surface area contributed by atoms with Crippen LogP contribution in [0.3, 0.4) is 0 Å². The molecule has 0 aliphatic rings. The van der Waals surface area contributed by atoms with Crippen LogP contribution in [0.1, 0.15) is 19.4 Å². The van der Waals surface area contributed by atoms with Crippen LogP contribution in [0.2, 0.25) is 0 Å². The number of hydrogen-bond donors (Lipinski definition) is 0. The Morgan fingerprint density at radius 2 is 1.82 bits per heavy atom. The van der Waals surface area contributed by atoms with Crippen molar-refractivity contribution in [1.82, 2.24) is 18.7 Å². The molecule has 0 aliphatic heterocycles. The molecule has 0 amide bonds. The molecule has 0 bridgehead atoms. The largest absolute Gasteiger partial charge is 0.337 e. The quantitative estimate of drug-likeness (QED) is 0.739. The van der Waals surface area contributed by atoms with Gasteiger partial charge in [0.05, 0.1) is 12.0 Å². The van der Waals surface area contributed by atoms with E-state index in [2.05, 4.69) is 4.98 Å². The number of para-hydroxylation sites is 1. The normalized spacial score (nSPS) is 11.2. The molecule has 22 heavy (non-hydrogen) atoms. The summed E-state index contributed by atoms with van der Waals surface area (Å²) in [6, 6.07) is 7.60. The van der Waals surface area contributed by atoms with E-state index < -0.39 is 0 Å². The van der Waals surface area contributed by atoms with Gasteiger partial charge in [-0.2, -0.15) is 0 Å². The summed E-state index contributed by atoms with van der Waals surface area (Å²) in [5.41, 5.74) is 1.95. The van der Waals surface area contributed by atoms with Crippen LogP contribution in [-0.4, -0.2) is 18.7 Å². The second-order valence-electron chi connectivity index (χ2n) is 5.16. The topological polar surface area (TPSA) is 61.8 Å². The van der Waals surface area contributed by atoms with Gasteiger partial charge in [-0.25, -0.2) is 14.3 Å². The zero-order valence-corrected chi connectivity index (χ0v) is 12.9. The SMILES string of the molecule is CCn1c(=O)c2c(ncn2CC)n(-c2ccccc2C)c1=O. The third kappa shape index (κ3) is 1.91. The number of imidazole rings is 1. The highest BCUT2D eigenvalue weighted by molar-refractivity contribution is 5.72. The summed E-state index contributed by atoms with van der Waals surface area (Å²) in [6.07, 6.45) is 1.61. The van der Waals surface area contributed by atoms with Gasteiger partial charge < -0.3 is 4.57 Å².